The van der Waals surface area contributed by atoms with E-state index in [4.69, 9.17) is 0 Å². The lowest BCUT2D eigenvalue weighted by molar-refractivity contribution is -0.115. The molecule has 0 fully saturated rings. The second-order valence-corrected chi connectivity index (χ2v) is 6.57. The van der Waals surface area contributed by atoms with Crippen LogP contribution in [0.3, 0.4) is 0 Å². The Morgan fingerprint density at radius 1 is 0.897 bits per heavy atom. The van der Waals surface area contributed by atoms with E-state index in [9.17, 15) is 14.0 Å². The van der Waals surface area contributed by atoms with Gasteiger partial charge in [0, 0.05) is 11.7 Å². The van der Waals surface area contributed by atoms with Gasteiger partial charge in [0.05, 0.1) is 17.8 Å². The van der Waals surface area contributed by atoms with Crippen LogP contribution in [-0.4, -0.2) is 18.4 Å². The maximum atomic E-state index is 13.3. The highest BCUT2D eigenvalue weighted by Crippen LogP contribution is 2.18. The first-order valence-corrected chi connectivity index (χ1v) is 9.27. The zero-order chi connectivity index (χ0) is 20.6. The summed E-state index contributed by atoms with van der Waals surface area (Å²) in [4.78, 5) is 25.0. The van der Waals surface area contributed by atoms with Gasteiger partial charge in [0.15, 0.2) is 0 Å². The normalized spacial score (nSPS) is 11.5. The molecule has 3 aromatic rings. The Morgan fingerprint density at radius 3 is 2.38 bits per heavy atom. The maximum Gasteiger partial charge on any atom is 0.257 e. The molecule has 3 N–H and O–H groups in total. The summed E-state index contributed by atoms with van der Waals surface area (Å²) in [6.45, 7) is 1.87. The van der Waals surface area contributed by atoms with Crippen LogP contribution >= 0.6 is 0 Å². The molecular weight excluding hydrogens is 369 g/mol. The van der Waals surface area contributed by atoms with Crippen molar-refractivity contribution >= 4 is 23.2 Å². The van der Waals surface area contributed by atoms with Crippen LogP contribution in [0.5, 0.6) is 0 Å². The largest absolute Gasteiger partial charge is 0.324 e. The highest BCUT2D eigenvalue weighted by molar-refractivity contribution is 6.10. The third kappa shape index (κ3) is 5.73. The molecule has 0 aliphatic rings. The quantitative estimate of drug-likeness (QED) is 0.560. The van der Waals surface area contributed by atoms with Gasteiger partial charge in [-0.1, -0.05) is 42.5 Å². The van der Waals surface area contributed by atoms with Gasteiger partial charge < -0.3 is 16.0 Å². The summed E-state index contributed by atoms with van der Waals surface area (Å²) in [7, 11) is 0. The standard InChI is InChI=1S/C23H22FN3O2/c1-16(17-8-7-9-18(24)14-17)25-15-22(28)27-21-13-6-5-12-20(21)23(29)26-19-10-3-2-4-11-19/h2-14,16,25H,15H2,1H3,(H,26,29)(H,27,28)/t16-/m1/s1. The first-order chi connectivity index (χ1) is 14.0. The second kappa shape index (κ2) is 9.61. The minimum Gasteiger partial charge on any atom is -0.324 e. The number of carbonyl (C=O) groups excluding carboxylic acids is 2. The molecule has 148 valence electrons. The molecule has 0 aromatic heterocycles. The van der Waals surface area contributed by atoms with E-state index >= 15 is 0 Å². The second-order valence-electron chi connectivity index (χ2n) is 6.57. The predicted octanol–water partition coefficient (Wildman–Crippen LogP) is 4.37. The number of halogens is 1. The van der Waals surface area contributed by atoms with Crippen molar-refractivity contribution in [2.75, 3.05) is 17.2 Å². The van der Waals surface area contributed by atoms with Gasteiger partial charge in [0.1, 0.15) is 5.82 Å². The Hall–Kier alpha value is -3.51. The van der Waals surface area contributed by atoms with Gasteiger partial charge in [-0.3, -0.25) is 9.59 Å². The van der Waals surface area contributed by atoms with E-state index in [2.05, 4.69) is 16.0 Å². The molecule has 5 nitrogen and oxygen atoms in total. The summed E-state index contributed by atoms with van der Waals surface area (Å²) in [6.07, 6.45) is 0. The molecule has 0 bridgehead atoms. The topological polar surface area (TPSA) is 70.2 Å². The average Bonchev–Trinajstić information content (AvgIpc) is 2.73. The van der Waals surface area contributed by atoms with Crippen molar-refractivity contribution in [2.45, 2.75) is 13.0 Å². The van der Waals surface area contributed by atoms with Crippen molar-refractivity contribution in [1.82, 2.24) is 5.32 Å². The van der Waals surface area contributed by atoms with Crippen molar-refractivity contribution in [2.24, 2.45) is 0 Å². The zero-order valence-electron chi connectivity index (χ0n) is 16.0. The van der Waals surface area contributed by atoms with Crippen LogP contribution < -0.4 is 16.0 Å². The van der Waals surface area contributed by atoms with Crippen molar-refractivity contribution < 1.29 is 14.0 Å². The molecule has 2 amide bonds. The van der Waals surface area contributed by atoms with Crippen LogP contribution in [0.15, 0.2) is 78.9 Å². The molecule has 0 aliphatic carbocycles. The Kier molecular flexibility index (Phi) is 6.71. The first kappa shape index (κ1) is 20.2. The van der Waals surface area contributed by atoms with Gasteiger partial charge in [-0.05, 0) is 48.9 Å². The molecule has 0 heterocycles. The third-order valence-electron chi connectivity index (χ3n) is 4.39. The fourth-order valence-electron chi connectivity index (χ4n) is 2.84. The number of nitrogens with one attached hydrogen (secondary N) is 3. The molecule has 6 heteroatoms. The predicted molar refractivity (Wildman–Crippen MR) is 112 cm³/mol. The minimum atomic E-state index is -0.320. The van der Waals surface area contributed by atoms with E-state index < -0.39 is 0 Å². The molecule has 1 atom stereocenters. The number of para-hydroxylation sites is 2. The van der Waals surface area contributed by atoms with E-state index in [1.165, 1.54) is 12.1 Å². The van der Waals surface area contributed by atoms with E-state index in [-0.39, 0.29) is 30.2 Å². The summed E-state index contributed by atoms with van der Waals surface area (Å²) in [5, 5.41) is 8.62. The van der Waals surface area contributed by atoms with E-state index in [1.54, 1.807) is 48.5 Å². The van der Waals surface area contributed by atoms with E-state index in [0.29, 0.717) is 16.9 Å². The molecule has 3 aromatic carbocycles. The molecule has 0 aliphatic heterocycles. The summed E-state index contributed by atoms with van der Waals surface area (Å²) < 4.78 is 13.3. The number of rotatable bonds is 7. The first-order valence-electron chi connectivity index (χ1n) is 9.27. The van der Waals surface area contributed by atoms with Crippen LogP contribution in [-0.2, 0) is 4.79 Å². The molecule has 29 heavy (non-hydrogen) atoms. The third-order valence-corrected chi connectivity index (χ3v) is 4.39. The number of anilines is 2. The lowest BCUT2D eigenvalue weighted by Gasteiger charge is -2.15. The molecule has 0 saturated heterocycles. The Bertz CT molecular complexity index is 992. The summed E-state index contributed by atoms with van der Waals surface area (Å²) in [6, 6.07) is 21.9. The number of benzene rings is 3. The molecule has 0 saturated carbocycles. The van der Waals surface area contributed by atoms with Crippen molar-refractivity contribution in [1.29, 1.82) is 0 Å². The van der Waals surface area contributed by atoms with Crippen LogP contribution in [0.1, 0.15) is 28.9 Å². The van der Waals surface area contributed by atoms with E-state index in [1.807, 2.05) is 25.1 Å². The molecule has 0 radical (unpaired) electrons. The monoisotopic (exact) mass is 391 g/mol. The number of hydrogen-bond acceptors (Lipinski definition) is 3. The molecule has 0 spiro atoms. The van der Waals surface area contributed by atoms with Crippen LogP contribution in [0, 0.1) is 5.82 Å². The molecule has 3 rings (SSSR count). The molecule has 0 unspecified atom stereocenters. The minimum absolute atomic E-state index is 0.0202. The summed E-state index contributed by atoms with van der Waals surface area (Å²) >= 11 is 0. The maximum absolute atomic E-state index is 13.3. The highest BCUT2D eigenvalue weighted by Gasteiger charge is 2.14. The van der Waals surface area contributed by atoms with Gasteiger partial charge in [-0.15, -0.1) is 0 Å². The average molecular weight is 391 g/mol. The fraction of sp³-hybridized carbons (Fsp3) is 0.130. The lowest BCUT2D eigenvalue weighted by atomic mass is 10.1. The Morgan fingerprint density at radius 2 is 1.62 bits per heavy atom. The SMILES string of the molecule is C[C@@H](NCC(=O)Nc1ccccc1C(=O)Nc1ccccc1)c1cccc(F)c1. The van der Waals surface area contributed by atoms with Gasteiger partial charge in [-0.25, -0.2) is 4.39 Å². The van der Waals surface area contributed by atoms with E-state index in [0.717, 1.165) is 5.56 Å². The number of amides is 2. The smallest absolute Gasteiger partial charge is 0.257 e. The van der Waals surface area contributed by atoms with Gasteiger partial charge >= 0.3 is 0 Å². The summed E-state index contributed by atoms with van der Waals surface area (Å²) in [5.74, 6) is -0.930. The van der Waals surface area contributed by atoms with Crippen molar-refractivity contribution in [3.8, 4) is 0 Å². The molecular formula is C23H22FN3O2. The zero-order valence-corrected chi connectivity index (χ0v) is 16.0. The van der Waals surface area contributed by atoms with Gasteiger partial charge in [0.25, 0.3) is 5.91 Å². The lowest BCUT2D eigenvalue weighted by Crippen LogP contribution is -2.30. The fourth-order valence-corrected chi connectivity index (χ4v) is 2.84. The van der Waals surface area contributed by atoms with Crippen LogP contribution in [0.2, 0.25) is 0 Å². The van der Waals surface area contributed by atoms with Gasteiger partial charge in [0.2, 0.25) is 5.91 Å². The Labute approximate surface area is 169 Å². The van der Waals surface area contributed by atoms with Crippen LogP contribution in [0.4, 0.5) is 15.8 Å². The Balaban J connectivity index is 1.61. The van der Waals surface area contributed by atoms with Crippen molar-refractivity contribution in [3.63, 3.8) is 0 Å². The summed E-state index contributed by atoms with van der Waals surface area (Å²) in [5.41, 5.74) is 2.21. The van der Waals surface area contributed by atoms with Crippen molar-refractivity contribution in [3.05, 3.63) is 95.8 Å². The number of hydrogen-bond donors (Lipinski definition) is 3. The van der Waals surface area contributed by atoms with Crippen LogP contribution in [0.25, 0.3) is 0 Å². The van der Waals surface area contributed by atoms with Gasteiger partial charge in [-0.2, -0.15) is 0 Å². The highest BCUT2D eigenvalue weighted by atomic mass is 19.1. The number of carbonyl (C=O) groups is 2.